The minimum Gasteiger partial charge on any atom is -0.382 e. The second-order valence-electron chi connectivity index (χ2n) is 5.25. The fourth-order valence-electron chi connectivity index (χ4n) is 2.52. The predicted octanol–water partition coefficient (Wildman–Crippen LogP) is 2.75. The van der Waals surface area contributed by atoms with Gasteiger partial charge in [0.1, 0.15) is 0 Å². The van der Waals surface area contributed by atoms with E-state index in [1.54, 1.807) is 0 Å². The van der Waals surface area contributed by atoms with E-state index in [0.29, 0.717) is 0 Å². The molecule has 25 heavy (non-hydrogen) atoms. The quantitative estimate of drug-likeness (QED) is 0.394. The van der Waals surface area contributed by atoms with Gasteiger partial charge >= 0.3 is 29.6 Å². The average molecular weight is 340 g/mol. The molecule has 0 spiro atoms. The van der Waals surface area contributed by atoms with Crippen molar-refractivity contribution in [1.29, 1.82) is 0 Å². The van der Waals surface area contributed by atoms with E-state index >= 15 is 0 Å². The van der Waals surface area contributed by atoms with E-state index in [1.807, 2.05) is 13.8 Å². The van der Waals surface area contributed by atoms with Crippen molar-refractivity contribution in [1.82, 2.24) is 0 Å². The van der Waals surface area contributed by atoms with E-state index in [1.165, 1.54) is 22.6 Å². The Kier molecular flexibility index (Phi) is 11.0. The van der Waals surface area contributed by atoms with Gasteiger partial charge in [0.05, 0.1) is 0 Å². The maximum atomic E-state index is 4.83. The van der Waals surface area contributed by atoms with Gasteiger partial charge in [0.2, 0.25) is 0 Å². The molecule has 0 amide bonds. The average Bonchev–Trinajstić information content (AvgIpc) is 2.66. The Morgan fingerprint density at radius 1 is 0.560 bits per heavy atom. The smallest absolute Gasteiger partial charge is 0.382 e. The van der Waals surface area contributed by atoms with Crippen molar-refractivity contribution in [2.45, 2.75) is 13.8 Å². The Bertz CT molecular complexity index is 572. The zero-order valence-corrected chi connectivity index (χ0v) is 17.5. The van der Waals surface area contributed by atoms with E-state index in [4.69, 9.17) is 4.74 Å². The van der Waals surface area contributed by atoms with Crippen LogP contribution in [0.15, 0.2) is 91.0 Å². The van der Waals surface area contributed by atoms with Crippen LogP contribution in [-0.4, -0.2) is 13.2 Å². The molecule has 0 radical (unpaired) electrons. The zero-order valence-electron chi connectivity index (χ0n) is 15.5. The second kappa shape index (κ2) is 12.8. The number of ether oxygens (including phenoxy) is 1. The van der Waals surface area contributed by atoms with Crippen LogP contribution in [0.1, 0.15) is 30.5 Å². The molecule has 0 atom stereocenters. The number of rotatable bonds is 5. The monoisotopic (exact) mass is 340 g/mol. The van der Waals surface area contributed by atoms with Crippen molar-refractivity contribution < 1.29 is 34.3 Å². The standard InChI is InChI=1S/C19H15.C4H10O.Na/c1-4-10-16(11-5-1)19(17-12-6-2-7-13-17)18-14-8-3-9-15-18;1-3-5-4-2;/h1-15H;3-4H2,1-2H3;/q-1;;+1. The molecule has 0 saturated heterocycles. The van der Waals surface area contributed by atoms with Crippen molar-refractivity contribution in [3.05, 3.63) is 114 Å². The fourth-order valence-corrected chi connectivity index (χ4v) is 2.52. The van der Waals surface area contributed by atoms with Gasteiger partial charge in [-0.3, -0.25) is 0 Å². The summed E-state index contributed by atoms with van der Waals surface area (Å²) < 4.78 is 4.83. The van der Waals surface area contributed by atoms with Crippen molar-refractivity contribution in [3.63, 3.8) is 0 Å². The summed E-state index contributed by atoms with van der Waals surface area (Å²) >= 11 is 0. The fraction of sp³-hybridized carbons (Fsp3) is 0.174. The van der Waals surface area contributed by atoms with Gasteiger partial charge in [0.15, 0.2) is 0 Å². The molecule has 0 aliphatic carbocycles. The van der Waals surface area contributed by atoms with E-state index in [-0.39, 0.29) is 29.6 Å². The molecule has 0 bridgehead atoms. The third kappa shape index (κ3) is 7.09. The molecule has 124 valence electrons. The van der Waals surface area contributed by atoms with Crippen LogP contribution in [0.4, 0.5) is 0 Å². The Morgan fingerprint density at radius 2 is 0.840 bits per heavy atom. The van der Waals surface area contributed by atoms with Crippen LogP contribution in [0, 0.1) is 5.92 Å². The summed E-state index contributed by atoms with van der Waals surface area (Å²) in [7, 11) is 0. The largest absolute Gasteiger partial charge is 1.00 e. The summed E-state index contributed by atoms with van der Waals surface area (Å²) in [6.07, 6.45) is 0. The minimum atomic E-state index is 0. The van der Waals surface area contributed by atoms with Crippen molar-refractivity contribution in [2.24, 2.45) is 0 Å². The third-order valence-electron chi connectivity index (χ3n) is 3.60. The number of benzene rings is 3. The van der Waals surface area contributed by atoms with E-state index in [9.17, 15) is 0 Å². The second-order valence-corrected chi connectivity index (χ2v) is 5.25. The molecule has 3 aromatic rings. The van der Waals surface area contributed by atoms with E-state index in [0.717, 1.165) is 13.2 Å². The summed E-state index contributed by atoms with van der Waals surface area (Å²) in [6.45, 7) is 5.67. The topological polar surface area (TPSA) is 9.23 Å². The van der Waals surface area contributed by atoms with Gasteiger partial charge in [0.25, 0.3) is 0 Å². The maximum absolute atomic E-state index is 4.83. The molecule has 0 aliphatic heterocycles. The molecular formula is C23H25NaO. The summed E-state index contributed by atoms with van der Waals surface area (Å²) in [5.74, 6) is 1.28. The molecule has 0 saturated carbocycles. The normalized spacial score (nSPS) is 9.36. The molecule has 0 fully saturated rings. The Hall–Kier alpha value is -1.51. The summed E-state index contributed by atoms with van der Waals surface area (Å²) in [5.41, 5.74) is 3.75. The zero-order chi connectivity index (χ0) is 17.0. The first-order chi connectivity index (χ1) is 11.9. The molecule has 1 nitrogen and oxygen atoms in total. The van der Waals surface area contributed by atoms with Crippen LogP contribution in [0.2, 0.25) is 0 Å². The first kappa shape index (κ1) is 21.5. The van der Waals surface area contributed by atoms with Crippen molar-refractivity contribution >= 4 is 0 Å². The number of hydrogen-bond acceptors (Lipinski definition) is 1. The van der Waals surface area contributed by atoms with E-state index < -0.39 is 0 Å². The SMILES string of the molecule is CCOCC.[Na+].c1ccc([C-](c2ccccc2)c2ccccc2)cc1. The predicted molar refractivity (Wildman–Crippen MR) is 102 cm³/mol. The van der Waals surface area contributed by atoms with Crippen LogP contribution < -0.4 is 29.6 Å². The Labute approximate surface area is 174 Å². The maximum Gasteiger partial charge on any atom is 1.00 e. The molecule has 0 unspecified atom stereocenters. The van der Waals surface area contributed by atoms with Crippen LogP contribution in [0.3, 0.4) is 0 Å². The Balaban J connectivity index is 0.000000462. The molecule has 0 N–H and O–H groups in total. The van der Waals surface area contributed by atoms with Crippen LogP contribution in [-0.2, 0) is 4.74 Å². The third-order valence-corrected chi connectivity index (χ3v) is 3.60. The van der Waals surface area contributed by atoms with Gasteiger partial charge in [0, 0.05) is 13.2 Å². The van der Waals surface area contributed by atoms with E-state index in [2.05, 4.69) is 91.0 Å². The van der Waals surface area contributed by atoms with Crippen LogP contribution in [0.25, 0.3) is 0 Å². The first-order valence-corrected chi connectivity index (χ1v) is 8.47. The van der Waals surface area contributed by atoms with Crippen molar-refractivity contribution in [3.8, 4) is 0 Å². The molecule has 0 heterocycles. The molecule has 0 aromatic heterocycles. The van der Waals surface area contributed by atoms with Gasteiger partial charge in [-0.2, -0.15) is 0 Å². The first-order valence-electron chi connectivity index (χ1n) is 8.47. The summed E-state index contributed by atoms with van der Waals surface area (Å²) in [4.78, 5) is 0. The molecule has 3 rings (SSSR count). The summed E-state index contributed by atoms with van der Waals surface area (Å²) in [6, 6.07) is 31.6. The van der Waals surface area contributed by atoms with Crippen molar-refractivity contribution in [2.75, 3.05) is 13.2 Å². The van der Waals surface area contributed by atoms with Gasteiger partial charge in [-0.1, -0.05) is 114 Å². The summed E-state index contributed by atoms with van der Waals surface area (Å²) in [5, 5.41) is 0. The molecule has 3 aromatic carbocycles. The molecular weight excluding hydrogens is 315 g/mol. The van der Waals surface area contributed by atoms with Gasteiger partial charge in [-0.05, 0) is 13.8 Å². The number of hydrogen-bond donors (Lipinski definition) is 0. The molecule has 0 aliphatic rings. The van der Waals surface area contributed by atoms with Crippen LogP contribution in [0.5, 0.6) is 0 Å². The van der Waals surface area contributed by atoms with Crippen LogP contribution >= 0.6 is 0 Å². The van der Waals surface area contributed by atoms with Gasteiger partial charge in [-0.25, -0.2) is 0 Å². The van der Waals surface area contributed by atoms with Gasteiger partial charge in [-0.15, -0.1) is 0 Å². The molecule has 2 heteroatoms. The Morgan fingerprint density at radius 3 is 1.04 bits per heavy atom. The minimum absolute atomic E-state index is 0. The van der Waals surface area contributed by atoms with Gasteiger partial charge < -0.3 is 4.74 Å².